The molecule has 1 atom stereocenters. The van der Waals surface area contributed by atoms with Gasteiger partial charge in [0.25, 0.3) is 11.8 Å². The molecule has 1 aliphatic rings. The van der Waals surface area contributed by atoms with Gasteiger partial charge in [0.15, 0.2) is 0 Å². The van der Waals surface area contributed by atoms with E-state index in [-0.39, 0.29) is 17.9 Å². The summed E-state index contributed by atoms with van der Waals surface area (Å²) in [6.45, 7) is 3.17. The number of ether oxygens (including phenoxy) is 1. The molecule has 130 valence electrons. The fourth-order valence-electron chi connectivity index (χ4n) is 2.88. The molecule has 2 N–H and O–H groups in total. The van der Waals surface area contributed by atoms with Crippen molar-refractivity contribution in [3.05, 3.63) is 65.2 Å². The number of carbonyl (C=O) groups excluding carboxylic acids is 2. The third-order valence-electron chi connectivity index (χ3n) is 4.29. The number of carbonyl (C=O) groups is 2. The molecule has 1 fully saturated rings. The van der Waals surface area contributed by atoms with Crippen LogP contribution in [0.25, 0.3) is 0 Å². The maximum Gasteiger partial charge on any atom is 0.255 e. The lowest BCUT2D eigenvalue weighted by atomic mass is 10.1. The van der Waals surface area contributed by atoms with Gasteiger partial charge in [-0.15, -0.1) is 0 Å². The van der Waals surface area contributed by atoms with Gasteiger partial charge in [0.05, 0.1) is 6.10 Å². The minimum Gasteiger partial charge on any atom is -0.376 e. The molecule has 0 radical (unpaired) electrons. The molecule has 5 nitrogen and oxygen atoms in total. The van der Waals surface area contributed by atoms with Crippen molar-refractivity contribution in [3.63, 3.8) is 0 Å². The van der Waals surface area contributed by atoms with Crippen molar-refractivity contribution >= 4 is 17.5 Å². The second-order valence-electron chi connectivity index (χ2n) is 6.19. The molecule has 0 unspecified atom stereocenters. The first-order valence-corrected chi connectivity index (χ1v) is 8.50. The lowest BCUT2D eigenvalue weighted by molar-refractivity contribution is 0.0857. The van der Waals surface area contributed by atoms with Gasteiger partial charge in [0.1, 0.15) is 0 Å². The highest BCUT2D eigenvalue weighted by molar-refractivity contribution is 6.06. The molecule has 0 bridgehead atoms. The molecule has 3 rings (SSSR count). The van der Waals surface area contributed by atoms with Crippen molar-refractivity contribution in [1.82, 2.24) is 5.32 Å². The first-order chi connectivity index (χ1) is 12.1. The molecule has 2 aromatic carbocycles. The van der Waals surface area contributed by atoms with Gasteiger partial charge in [-0.3, -0.25) is 9.59 Å². The first kappa shape index (κ1) is 17.2. The monoisotopic (exact) mass is 338 g/mol. The van der Waals surface area contributed by atoms with Gasteiger partial charge in [-0.05, 0) is 49.6 Å². The average molecular weight is 338 g/mol. The predicted octanol–water partition coefficient (Wildman–Crippen LogP) is 3.16. The number of aryl methyl sites for hydroxylation is 1. The number of hydrogen-bond donors (Lipinski definition) is 2. The Balaban J connectivity index is 1.63. The van der Waals surface area contributed by atoms with Crippen LogP contribution in [-0.4, -0.2) is 31.1 Å². The maximum absolute atomic E-state index is 12.4. The van der Waals surface area contributed by atoms with Crippen LogP contribution in [0.4, 0.5) is 5.69 Å². The summed E-state index contributed by atoms with van der Waals surface area (Å²) < 4.78 is 5.50. The van der Waals surface area contributed by atoms with Crippen LogP contribution in [0, 0.1) is 6.92 Å². The summed E-state index contributed by atoms with van der Waals surface area (Å²) in [6, 6.07) is 14.3. The first-order valence-electron chi connectivity index (χ1n) is 8.50. The largest absolute Gasteiger partial charge is 0.376 e. The van der Waals surface area contributed by atoms with Gasteiger partial charge < -0.3 is 15.4 Å². The highest BCUT2D eigenvalue weighted by atomic mass is 16.5. The second-order valence-corrected chi connectivity index (χ2v) is 6.19. The van der Waals surface area contributed by atoms with Gasteiger partial charge in [-0.2, -0.15) is 0 Å². The van der Waals surface area contributed by atoms with E-state index in [1.54, 1.807) is 30.3 Å². The van der Waals surface area contributed by atoms with Crippen LogP contribution in [-0.2, 0) is 4.74 Å². The Kier molecular flexibility index (Phi) is 5.46. The second kappa shape index (κ2) is 7.94. The van der Waals surface area contributed by atoms with Gasteiger partial charge >= 0.3 is 0 Å². The minimum atomic E-state index is -0.185. The van der Waals surface area contributed by atoms with Gasteiger partial charge in [0, 0.05) is 30.0 Å². The third-order valence-corrected chi connectivity index (χ3v) is 4.29. The Morgan fingerprint density at radius 2 is 1.96 bits per heavy atom. The molecular formula is C20H22N2O3. The van der Waals surface area contributed by atoms with E-state index in [0.717, 1.165) is 25.0 Å². The van der Waals surface area contributed by atoms with Crippen LogP contribution < -0.4 is 10.6 Å². The van der Waals surface area contributed by atoms with Crippen molar-refractivity contribution in [1.29, 1.82) is 0 Å². The van der Waals surface area contributed by atoms with E-state index in [9.17, 15) is 9.59 Å². The van der Waals surface area contributed by atoms with Crippen molar-refractivity contribution in [2.45, 2.75) is 25.9 Å². The number of anilines is 1. The Morgan fingerprint density at radius 1 is 1.12 bits per heavy atom. The van der Waals surface area contributed by atoms with E-state index in [1.807, 2.05) is 25.1 Å². The molecule has 25 heavy (non-hydrogen) atoms. The van der Waals surface area contributed by atoms with Crippen molar-refractivity contribution < 1.29 is 14.3 Å². The van der Waals surface area contributed by atoms with Gasteiger partial charge in [-0.1, -0.05) is 24.3 Å². The average Bonchev–Trinajstić information content (AvgIpc) is 3.14. The van der Waals surface area contributed by atoms with E-state index >= 15 is 0 Å². The van der Waals surface area contributed by atoms with Crippen molar-refractivity contribution in [2.75, 3.05) is 18.5 Å². The molecule has 1 aliphatic heterocycles. The minimum absolute atomic E-state index is 0.105. The summed E-state index contributed by atoms with van der Waals surface area (Å²) in [5.74, 6) is -0.350. The van der Waals surface area contributed by atoms with E-state index in [2.05, 4.69) is 10.6 Å². The van der Waals surface area contributed by atoms with Crippen molar-refractivity contribution in [2.24, 2.45) is 0 Å². The SMILES string of the molecule is Cc1ccccc1C(=O)Nc1cccc(C(=O)NC[C@@H]2CCCO2)c1. The quantitative estimate of drug-likeness (QED) is 0.880. The van der Waals surface area contributed by atoms with E-state index in [4.69, 9.17) is 4.74 Å². The number of amides is 2. The summed E-state index contributed by atoms with van der Waals surface area (Å²) in [4.78, 5) is 24.7. The summed E-state index contributed by atoms with van der Waals surface area (Å²) in [6.07, 6.45) is 2.13. The molecule has 0 aliphatic carbocycles. The number of benzene rings is 2. The fraction of sp³-hybridized carbons (Fsp3) is 0.300. The lowest BCUT2D eigenvalue weighted by Gasteiger charge is -2.12. The van der Waals surface area contributed by atoms with Crippen LogP contribution in [0.1, 0.15) is 39.1 Å². The topological polar surface area (TPSA) is 67.4 Å². The molecule has 2 aromatic rings. The Bertz CT molecular complexity index is 767. The van der Waals surface area contributed by atoms with Crippen LogP contribution in [0.15, 0.2) is 48.5 Å². The highest BCUT2D eigenvalue weighted by Gasteiger charge is 2.17. The van der Waals surface area contributed by atoms with Crippen LogP contribution in [0.5, 0.6) is 0 Å². The molecule has 1 heterocycles. The van der Waals surface area contributed by atoms with E-state index < -0.39 is 0 Å². The summed E-state index contributed by atoms with van der Waals surface area (Å²) >= 11 is 0. The third kappa shape index (κ3) is 4.45. The maximum atomic E-state index is 12.4. The van der Waals surface area contributed by atoms with Gasteiger partial charge in [-0.25, -0.2) is 0 Å². The highest BCUT2D eigenvalue weighted by Crippen LogP contribution is 2.15. The summed E-state index contributed by atoms with van der Waals surface area (Å²) in [5, 5.41) is 5.73. The molecule has 0 saturated carbocycles. The van der Waals surface area contributed by atoms with Crippen LogP contribution in [0.2, 0.25) is 0 Å². The lowest BCUT2D eigenvalue weighted by Crippen LogP contribution is -2.31. The number of nitrogens with one attached hydrogen (secondary N) is 2. The molecule has 1 saturated heterocycles. The normalized spacial score (nSPS) is 16.4. The van der Waals surface area contributed by atoms with Crippen LogP contribution in [0.3, 0.4) is 0 Å². The Morgan fingerprint density at radius 3 is 2.72 bits per heavy atom. The Labute approximate surface area is 147 Å². The van der Waals surface area contributed by atoms with Crippen LogP contribution >= 0.6 is 0 Å². The molecule has 0 aromatic heterocycles. The summed E-state index contributed by atoms with van der Waals surface area (Å²) in [5.41, 5.74) is 2.64. The molecular weight excluding hydrogens is 316 g/mol. The van der Waals surface area contributed by atoms with Crippen molar-refractivity contribution in [3.8, 4) is 0 Å². The zero-order chi connectivity index (χ0) is 17.6. The van der Waals surface area contributed by atoms with E-state index in [0.29, 0.717) is 23.4 Å². The zero-order valence-corrected chi connectivity index (χ0v) is 14.2. The van der Waals surface area contributed by atoms with E-state index in [1.165, 1.54) is 0 Å². The smallest absolute Gasteiger partial charge is 0.255 e. The fourth-order valence-corrected chi connectivity index (χ4v) is 2.88. The summed E-state index contributed by atoms with van der Waals surface area (Å²) in [7, 11) is 0. The molecule has 0 spiro atoms. The predicted molar refractivity (Wildman–Crippen MR) is 96.9 cm³/mol. The standard InChI is InChI=1S/C20H22N2O3/c1-14-6-2-3-10-18(14)20(24)22-16-8-4-7-15(12-16)19(23)21-13-17-9-5-11-25-17/h2-4,6-8,10,12,17H,5,9,11,13H2,1H3,(H,21,23)(H,22,24)/t17-/m0/s1. The number of rotatable bonds is 5. The van der Waals surface area contributed by atoms with Gasteiger partial charge in [0.2, 0.25) is 0 Å². The molecule has 2 amide bonds. The zero-order valence-electron chi connectivity index (χ0n) is 14.2. The molecule has 5 heteroatoms. The number of hydrogen-bond acceptors (Lipinski definition) is 3. The Hall–Kier alpha value is -2.66.